The molecule has 3 rings (SSSR count). The molecule has 0 bridgehead atoms. The number of anilines is 1. The Morgan fingerprint density at radius 2 is 2.26 bits per heavy atom. The average Bonchev–Trinajstić information content (AvgIpc) is 3.11. The van der Waals surface area contributed by atoms with Crippen molar-refractivity contribution in [3.63, 3.8) is 0 Å². The maximum absolute atomic E-state index is 11.6. The van der Waals surface area contributed by atoms with E-state index in [9.17, 15) is 4.79 Å². The van der Waals surface area contributed by atoms with Crippen LogP contribution in [0.2, 0.25) is 0 Å². The Bertz CT molecular complexity index is 642. The summed E-state index contributed by atoms with van der Waals surface area (Å²) in [5.41, 5.74) is -0.0750. The molecule has 1 atom stereocenters. The van der Waals surface area contributed by atoms with Gasteiger partial charge in [-0.25, -0.2) is 4.98 Å². The van der Waals surface area contributed by atoms with Gasteiger partial charge in [0, 0.05) is 21.7 Å². The molecule has 2 aromatic heterocycles. The number of aromatic amines is 1. The second-order valence-corrected chi connectivity index (χ2v) is 6.42. The van der Waals surface area contributed by atoms with E-state index in [2.05, 4.69) is 41.3 Å². The molecular weight excluding hydrogens is 258 g/mol. The number of nitrogens with zero attached hydrogens (tertiary/aromatic N) is 1. The van der Waals surface area contributed by atoms with Crippen LogP contribution in [0.5, 0.6) is 0 Å². The molecule has 0 aromatic carbocycles. The van der Waals surface area contributed by atoms with Crippen LogP contribution >= 0.6 is 11.3 Å². The fourth-order valence-corrected chi connectivity index (χ4v) is 2.96. The summed E-state index contributed by atoms with van der Waals surface area (Å²) in [6.45, 7) is 4.18. The van der Waals surface area contributed by atoms with Gasteiger partial charge in [-0.15, -0.1) is 11.3 Å². The molecule has 1 aliphatic rings. The number of aromatic nitrogens is 2. The molecule has 0 radical (unpaired) electrons. The number of H-pyrrole nitrogens is 1. The maximum Gasteiger partial charge on any atom is 0.252 e. The first-order valence-electron chi connectivity index (χ1n) is 6.56. The Morgan fingerprint density at radius 1 is 1.47 bits per heavy atom. The summed E-state index contributed by atoms with van der Waals surface area (Å²) >= 11 is 1.77. The van der Waals surface area contributed by atoms with E-state index in [1.54, 1.807) is 11.3 Å². The van der Waals surface area contributed by atoms with Crippen LogP contribution in [-0.4, -0.2) is 9.97 Å². The highest BCUT2D eigenvalue weighted by atomic mass is 32.1. The molecular formula is C14H17N3OS. The van der Waals surface area contributed by atoms with Crippen molar-refractivity contribution in [3.05, 3.63) is 44.1 Å². The molecule has 2 heterocycles. The molecule has 1 unspecified atom stereocenters. The van der Waals surface area contributed by atoms with Gasteiger partial charge in [0.25, 0.3) is 5.56 Å². The molecule has 2 N–H and O–H groups in total. The van der Waals surface area contributed by atoms with Crippen LogP contribution in [0.4, 0.5) is 5.82 Å². The Balaban J connectivity index is 1.80. The largest absolute Gasteiger partial charge is 0.363 e. The fourth-order valence-electron chi connectivity index (χ4n) is 2.08. The van der Waals surface area contributed by atoms with E-state index in [4.69, 9.17) is 0 Å². The molecule has 2 aromatic rings. The average molecular weight is 275 g/mol. The predicted octanol–water partition coefficient (Wildman–Crippen LogP) is 3.19. The molecule has 1 aliphatic carbocycles. The van der Waals surface area contributed by atoms with Gasteiger partial charge in [-0.2, -0.15) is 0 Å². The van der Waals surface area contributed by atoms with Gasteiger partial charge in [-0.05, 0) is 38.8 Å². The third-order valence-electron chi connectivity index (χ3n) is 3.28. The SMILES string of the molecule is Cc1ccc(C(C)Nc2cc(=O)[nH]c(C3CC3)n2)s1. The van der Waals surface area contributed by atoms with E-state index < -0.39 is 0 Å². The van der Waals surface area contributed by atoms with Gasteiger partial charge in [0.1, 0.15) is 11.6 Å². The van der Waals surface area contributed by atoms with Crippen LogP contribution in [0.1, 0.15) is 47.3 Å². The number of hydrogen-bond donors (Lipinski definition) is 2. The first-order chi connectivity index (χ1) is 9.11. The highest BCUT2D eigenvalue weighted by Crippen LogP contribution is 2.37. The summed E-state index contributed by atoms with van der Waals surface area (Å²) in [4.78, 5) is 21.5. The lowest BCUT2D eigenvalue weighted by atomic mass is 10.2. The van der Waals surface area contributed by atoms with Crippen LogP contribution < -0.4 is 10.9 Å². The van der Waals surface area contributed by atoms with Gasteiger partial charge in [0.2, 0.25) is 0 Å². The van der Waals surface area contributed by atoms with Crippen molar-refractivity contribution >= 4 is 17.2 Å². The van der Waals surface area contributed by atoms with Crippen LogP contribution in [0, 0.1) is 6.92 Å². The first kappa shape index (κ1) is 12.4. The summed E-state index contributed by atoms with van der Waals surface area (Å²) in [7, 11) is 0. The predicted molar refractivity (Wildman–Crippen MR) is 77.9 cm³/mol. The molecule has 4 nitrogen and oxygen atoms in total. The number of rotatable bonds is 4. The Labute approximate surface area is 115 Å². The summed E-state index contributed by atoms with van der Waals surface area (Å²) in [5.74, 6) is 1.95. The topological polar surface area (TPSA) is 57.8 Å². The Kier molecular flexibility index (Phi) is 3.14. The number of hydrogen-bond acceptors (Lipinski definition) is 4. The second kappa shape index (κ2) is 4.81. The standard InChI is InChI=1S/C14H17N3OS/c1-8-3-6-11(19-8)9(2)15-12-7-13(18)17-14(16-12)10-4-5-10/h3,6-7,9-10H,4-5H2,1-2H3,(H2,15,16,17,18). The van der Waals surface area contributed by atoms with E-state index in [-0.39, 0.29) is 11.6 Å². The van der Waals surface area contributed by atoms with Gasteiger partial charge in [0.15, 0.2) is 0 Å². The second-order valence-electron chi connectivity index (χ2n) is 5.10. The van der Waals surface area contributed by atoms with Crippen molar-refractivity contribution in [1.29, 1.82) is 0 Å². The minimum absolute atomic E-state index is 0.0750. The Hall–Kier alpha value is -1.62. The lowest BCUT2D eigenvalue weighted by molar-refractivity contribution is 0.860. The van der Waals surface area contributed by atoms with Crippen molar-refractivity contribution in [1.82, 2.24) is 9.97 Å². The zero-order chi connectivity index (χ0) is 13.4. The normalized spacial score (nSPS) is 16.3. The molecule has 5 heteroatoms. The fraction of sp³-hybridized carbons (Fsp3) is 0.429. The smallest absolute Gasteiger partial charge is 0.252 e. The first-order valence-corrected chi connectivity index (χ1v) is 7.37. The van der Waals surface area contributed by atoms with Crippen molar-refractivity contribution < 1.29 is 0 Å². The van der Waals surface area contributed by atoms with E-state index in [0.29, 0.717) is 11.7 Å². The van der Waals surface area contributed by atoms with Gasteiger partial charge in [-0.3, -0.25) is 4.79 Å². The summed E-state index contributed by atoms with van der Waals surface area (Å²) in [5, 5.41) is 3.31. The van der Waals surface area contributed by atoms with Crippen molar-refractivity contribution in [3.8, 4) is 0 Å². The maximum atomic E-state index is 11.6. The lowest BCUT2D eigenvalue weighted by Crippen LogP contribution is -2.14. The minimum Gasteiger partial charge on any atom is -0.363 e. The summed E-state index contributed by atoms with van der Waals surface area (Å²) in [6, 6.07) is 5.93. The highest BCUT2D eigenvalue weighted by molar-refractivity contribution is 7.12. The molecule has 0 spiro atoms. The summed E-state index contributed by atoms with van der Waals surface area (Å²) in [6.07, 6.45) is 2.26. The molecule has 1 saturated carbocycles. The van der Waals surface area contributed by atoms with E-state index in [0.717, 1.165) is 18.7 Å². The van der Waals surface area contributed by atoms with Crippen LogP contribution in [0.15, 0.2) is 23.0 Å². The molecule has 0 saturated heterocycles. The van der Waals surface area contributed by atoms with Crippen LogP contribution in [0.3, 0.4) is 0 Å². The van der Waals surface area contributed by atoms with Crippen LogP contribution in [0.25, 0.3) is 0 Å². The van der Waals surface area contributed by atoms with Crippen LogP contribution in [-0.2, 0) is 0 Å². The lowest BCUT2D eigenvalue weighted by Gasteiger charge is -2.13. The zero-order valence-corrected chi connectivity index (χ0v) is 11.9. The third kappa shape index (κ3) is 2.87. The number of aryl methyl sites for hydroxylation is 1. The molecule has 1 fully saturated rings. The van der Waals surface area contributed by atoms with Gasteiger partial charge in [-0.1, -0.05) is 0 Å². The number of thiophene rings is 1. The third-order valence-corrected chi connectivity index (χ3v) is 4.46. The van der Waals surface area contributed by atoms with Gasteiger partial charge < -0.3 is 10.3 Å². The summed E-state index contributed by atoms with van der Waals surface area (Å²) < 4.78 is 0. The quantitative estimate of drug-likeness (QED) is 0.901. The molecule has 100 valence electrons. The molecule has 0 aliphatic heterocycles. The van der Waals surface area contributed by atoms with Gasteiger partial charge in [0.05, 0.1) is 6.04 Å². The van der Waals surface area contributed by atoms with E-state index in [1.165, 1.54) is 15.8 Å². The van der Waals surface area contributed by atoms with E-state index in [1.807, 2.05) is 0 Å². The Morgan fingerprint density at radius 3 is 2.89 bits per heavy atom. The molecule has 0 amide bonds. The monoisotopic (exact) mass is 275 g/mol. The van der Waals surface area contributed by atoms with Crippen molar-refractivity contribution in [2.45, 2.75) is 38.6 Å². The van der Waals surface area contributed by atoms with E-state index >= 15 is 0 Å². The highest BCUT2D eigenvalue weighted by Gasteiger charge is 2.26. The van der Waals surface area contributed by atoms with Crippen molar-refractivity contribution in [2.24, 2.45) is 0 Å². The van der Waals surface area contributed by atoms with Crippen molar-refractivity contribution in [2.75, 3.05) is 5.32 Å². The van der Waals surface area contributed by atoms with Gasteiger partial charge >= 0.3 is 0 Å². The number of nitrogens with one attached hydrogen (secondary N) is 2. The zero-order valence-electron chi connectivity index (χ0n) is 11.1. The molecule has 19 heavy (non-hydrogen) atoms. The minimum atomic E-state index is -0.0750.